The molecule has 1 rings (SSSR count). The highest BCUT2D eigenvalue weighted by Gasteiger charge is 2.16. The van der Waals surface area contributed by atoms with E-state index in [0.717, 1.165) is 0 Å². The van der Waals surface area contributed by atoms with Crippen LogP contribution in [0.5, 0.6) is 0 Å². The van der Waals surface area contributed by atoms with Crippen molar-refractivity contribution in [1.29, 1.82) is 0 Å². The van der Waals surface area contributed by atoms with E-state index in [9.17, 15) is 4.79 Å². The Kier molecular flexibility index (Phi) is 2.73. The lowest BCUT2D eigenvalue weighted by atomic mass is 10.2. The zero-order valence-corrected chi connectivity index (χ0v) is 8.52. The largest absolute Gasteiger partial charge is 0.459 e. The van der Waals surface area contributed by atoms with E-state index in [2.05, 4.69) is 10.2 Å². The summed E-state index contributed by atoms with van der Waals surface area (Å²) in [6, 6.07) is 0. The number of ether oxygens (including phenoxy) is 1. The summed E-state index contributed by atoms with van der Waals surface area (Å²) in [7, 11) is 0. The summed E-state index contributed by atoms with van der Waals surface area (Å²) in [6.45, 7) is 5.38. The van der Waals surface area contributed by atoms with Crippen LogP contribution in [0.4, 0.5) is 5.82 Å². The summed E-state index contributed by atoms with van der Waals surface area (Å²) >= 11 is 0. The van der Waals surface area contributed by atoms with Crippen LogP contribution in [-0.2, 0) is 16.1 Å². The lowest BCUT2D eigenvalue weighted by Crippen LogP contribution is -2.27. The number of aromatic nitrogens is 3. The van der Waals surface area contributed by atoms with Gasteiger partial charge >= 0.3 is 5.97 Å². The van der Waals surface area contributed by atoms with Gasteiger partial charge in [-0.15, -0.1) is 5.10 Å². The minimum absolute atomic E-state index is 0.0194. The van der Waals surface area contributed by atoms with Crippen LogP contribution in [0.15, 0.2) is 6.20 Å². The van der Waals surface area contributed by atoms with Crippen LogP contribution < -0.4 is 5.73 Å². The molecule has 2 N–H and O–H groups in total. The second kappa shape index (κ2) is 3.65. The molecule has 0 atom stereocenters. The third-order valence-corrected chi connectivity index (χ3v) is 1.24. The fraction of sp³-hybridized carbons (Fsp3) is 0.625. The van der Waals surface area contributed by atoms with Gasteiger partial charge in [0.05, 0.1) is 6.20 Å². The van der Waals surface area contributed by atoms with Crippen LogP contribution in [-0.4, -0.2) is 26.6 Å². The van der Waals surface area contributed by atoms with E-state index < -0.39 is 5.60 Å². The molecular formula is C8H14N4O2. The third-order valence-electron chi connectivity index (χ3n) is 1.24. The van der Waals surface area contributed by atoms with E-state index in [1.807, 2.05) is 0 Å². The van der Waals surface area contributed by atoms with Crippen LogP contribution in [0, 0.1) is 0 Å². The number of esters is 1. The Morgan fingerprint density at radius 2 is 2.29 bits per heavy atom. The van der Waals surface area contributed by atoms with Gasteiger partial charge in [0, 0.05) is 0 Å². The lowest BCUT2D eigenvalue weighted by molar-refractivity contribution is -0.156. The Balaban J connectivity index is 2.50. The summed E-state index contributed by atoms with van der Waals surface area (Å²) in [5.74, 6) is -0.0957. The molecular weight excluding hydrogens is 184 g/mol. The standard InChI is InChI=1S/C8H14N4O2/c1-8(2,3)14-7(13)5-12-10-4-6(9)11-12/h4H,5H2,1-3H3,(H2,9,11). The van der Waals surface area contributed by atoms with Crippen molar-refractivity contribution in [2.24, 2.45) is 0 Å². The van der Waals surface area contributed by atoms with Gasteiger partial charge in [-0.2, -0.15) is 9.90 Å². The van der Waals surface area contributed by atoms with Crippen molar-refractivity contribution in [3.05, 3.63) is 6.20 Å². The predicted octanol–water partition coefficient (Wildman–Crippen LogP) is 0.202. The number of carbonyl (C=O) groups is 1. The summed E-state index contributed by atoms with van der Waals surface area (Å²) in [6.07, 6.45) is 1.38. The first kappa shape index (κ1) is 10.5. The van der Waals surface area contributed by atoms with Crippen LogP contribution in [0.25, 0.3) is 0 Å². The van der Waals surface area contributed by atoms with Crippen molar-refractivity contribution >= 4 is 11.8 Å². The van der Waals surface area contributed by atoms with Crippen molar-refractivity contribution in [2.75, 3.05) is 5.73 Å². The molecule has 1 heterocycles. The molecule has 0 aliphatic rings. The Morgan fingerprint density at radius 1 is 1.64 bits per heavy atom. The average Bonchev–Trinajstić information content (AvgIpc) is 2.30. The minimum Gasteiger partial charge on any atom is -0.459 e. The first-order valence-corrected chi connectivity index (χ1v) is 4.24. The normalized spacial score (nSPS) is 11.4. The molecule has 14 heavy (non-hydrogen) atoms. The molecule has 6 nitrogen and oxygen atoms in total. The van der Waals surface area contributed by atoms with Gasteiger partial charge in [-0.25, -0.2) is 4.79 Å². The Bertz CT molecular complexity index is 326. The Labute approximate surface area is 82.0 Å². The van der Waals surface area contributed by atoms with Crippen molar-refractivity contribution in [3.63, 3.8) is 0 Å². The van der Waals surface area contributed by atoms with E-state index in [4.69, 9.17) is 10.5 Å². The number of nitrogen functional groups attached to an aromatic ring is 1. The van der Waals surface area contributed by atoms with Crippen molar-refractivity contribution in [3.8, 4) is 0 Å². The van der Waals surface area contributed by atoms with Crippen molar-refractivity contribution < 1.29 is 9.53 Å². The molecule has 0 aliphatic heterocycles. The third kappa shape index (κ3) is 3.42. The van der Waals surface area contributed by atoms with Gasteiger partial charge in [0.15, 0.2) is 12.4 Å². The van der Waals surface area contributed by atoms with E-state index in [1.54, 1.807) is 20.8 Å². The molecule has 1 aromatic heterocycles. The molecule has 0 radical (unpaired) electrons. The second-order valence-corrected chi connectivity index (χ2v) is 3.89. The fourth-order valence-corrected chi connectivity index (χ4v) is 0.876. The molecule has 78 valence electrons. The average molecular weight is 198 g/mol. The second-order valence-electron chi connectivity index (χ2n) is 3.89. The van der Waals surface area contributed by atoms with E-state index >= 15 is 0 Å². The van der Waals surface area contributed by atoms with Crippen molar-refractivity contribution in [1.82, 2.24) is 15.0 Å². The number of rotatable bonds is 2. The molecule has 0 spiro atoms. The predicted molar refractivity (Wildman–Crippen MR) is 50.3 cm³/mol. The molecule has 0 amide bonds. The summed E-state index contributed by atoms with van der Waals surface area (Å²) < 4.78 is 5.07. The number of nitrogens with two attached hydrogens (primary N) is 1. The summed E-state index contributed by atoms with van der Waals surface area (Å²) in [5, 5.41) is 7.53. The van der Waals surface area contributed by atoms with Gasteiger partial charge in [-0.1, -0.05) is 0 Å². The highest BCUT2D eigenvalue weighted by molar-refractivity contribution is 5.69. The number of hydrogen-bond donors (Lipinski definition) is 1. The zero-order valence-electron chi connectivity index (χ0n) is 8.52. The van der Waals surface area contributed by atoms with E-state index in [0.29, 0.717) is 0 Å². The Hall–Kier alpha value is -1.59. The van der Waals surface area contributed by atoms with Crippen LogP contribution >= 0.6 is 0 Å². The molecule has 0 bridgehead atoms. The monoisotopic (exact) mass is 198 g/mol. The van der Waals surface area contributed by atoms with Gasteiger partial charge in [0.1, 0.15) is 5.60 Å². The Morgan fingerprint density at radius 3 is 2.71 bits per heavy atom. The fourth-order valence-electron chi connectivity index (χ4n) is 0.876. The van der Waals surface area contributed by atoms with Gasteiger partial charge in [0.25, 0.3) is 0 Å². The topological polar surface area (TPSA) is 83.0 Å². The quantitative estimate of drug-likeness (QED) is 0.686. The maximum absolute atomic E-state index is 11.3. The first-order valence-electron chi connectivity index (χ1n) is 4.24. The number of nitrogens with zero attached hydrogens (tertiary/aromatic N) is 3. The molecule has 0 aromatic carbocycles. The van der Waals surface area contributed by atoms with Crippen LogP contribution in [0.3, 0.4) is 0 Å². The molecule has 6 heteroatoms. The summed E-state index contributed by atoms with van der Waals surface area (Å²) in [5.41, 5.74) is 4.84. The molecule has 0 saturated heterocycles. The smallest absolute Gasteiger partial charge is 0.330 e. The maximum atomic E-state index is 11.3. The summed E-state index contributed by atoms with van der Waals surface area (Å²) in [4.78, 5) is 12.5. The van der Waals surface area contributed by atoms with Crippen molar-refractivity contribution in [2.45, 2.75) is 32.9 Å². The maximum Gasteiger partial charge on any atom is 0.330 e. The van der Waals surface area contributed by atoms with Gasteiger partial charge in [-0.3, -0.25) is 0 Å². The van der Waals surface area contributed by atoms with E-state index in [1.165, 1.54) is 11.0 Å². The molecule has 0 fully saturated rings. The zero-order chi connectivity index (χ0) is 10.8. The van der Waals surface area contributed by atoms with Gasteiger partial charge < -0.3 is 10.5 Å². The highest BCUT2D eigenvalue weighted by atomic mass is 16.6. The van der Waals surface area contributed by atoms with Gasteiger partial charge in [-0.05, 0) is 20.8 Å². The van der Waals surface area contributed by atoms with Gasteiger partial charge in [0.2, 0.25) is 0 Å². The SMILES string of the molecule is CC(C)(C)OC(=O)Cn1ncc(N)n1. The minimum atomic E-state index is -0.490. The van der Waals surface area contributed by atoms with Crippen LogP contribution in [0.2, 0.25) is 0 Å². The van der Waals surface area contributed by atoms with E-state index in [-0.39, 0.29) is 18.3 Å². The number of carbonyl (C=O) groups excluding carboxylic acids is 1. The number of anilines is 1. The highest BCUT2D eigenvalue weighted by Crippen LogP contribution is 2.07. The molecule has 0 unspecified atom stereocenters. The molecule has 0 saturated carbocycles. The lowest BCUT2D eigenvalue weighted by Gasteiger charge is -2.18. The number of hydrogen-bond acceptors (Lipinski definition) is 5. The first-order chi connectivity index (χ1) is 6.37. The molecule has 0 aliphatic carbocycles. The molecule has 1 aromatic rings. The van der Waals surface area contributed by atoms with Crippen LogP contribution in [0.1, 0.15) is 20.8 Å².